The summed E-state index contributed by atoms with van der Waals surface area (Å²) in [5.41, 5.74) is 3.29. The first-order chi connectivity index (χ1) is 7.72. The van der Waals surface area contributed by atoms with Crippen LogP contribution in [0.1, 0.15) is 18.2 Å². The fraction of sp³-hybridized carbons (Fsp3) is 0.333. The Hall–Kier alpha value is -1.42. The Morgan fingerprint density at radius 2 is 2.31 bits per heavy atom. The van der Waals surface area contributed by atoms with Gasteiger partial charge in [0.05, 0.1) is 13.0 Å². The highest BCUT2D eigenvalue weighted by Gasteiger charge is 2.08. The van der Waals surface area contributed by atoms with Crippen molar-refractivity contribution in [2.45, 2.75) is 20.3 Å². The number of nitrogens with zero attached hydrogens (tertiary/aromatic N) is 2. The lowest BCUT2D eigenvalue weighted by Gasteiger charge is -2.10. The molecule has 0 aliphatic heterocycles. The van der Waals surface area contributed by atoms with Gasteiger partial charge in [0.15, 0.2) is 5.05 Å². The number of imidazole rings is 1. The van der Waals surface area contributed by atoms with Gasteiger partial charge in [-0.2, -0.15) is 0 Å². The number of aromatic nitrogens is 2. The molecule has 0 atom stereocenters. The summed E-state index contributed by atoms with van der Waals surface area (Å²) in [5.74, 6) is 0. The normalized spacial score (nSPS) is 10.6. The van der Waals surface area contributed by atoms with Gasteiger partial charge in [-0.3, -0.25) is 0 Å². The Balaban J connectivity index is 2.38. The van der Waals surface area contributed by atoms with Gasteiger partial charge in [-0.15, -0.1) is 0 Å². The van der Waals surface area contributed by atoms with Gasteiger partial charge < -0.3 is 9.14 Å². The van der Waals surface area contributed by atoms with Crippen LogP contribution in [0.3, 0.4) is 0 Å². The molecule has 0 saturated carbocycles. The molecule has 0 aliphatic carbocycles. The average Bonchev–Trinajstić information content (AvgIpc) is 2.71. The zero-order chi connectivity index (χ0) is 11.5. The Morgan fingerprint density at radius 1 is 1.50 bits per heavy atom. The molecule has 0 unspecified atom stereocenters. The molecule has 2 heterocycles. The van der Waals surface area contributed by atoms with Gasteiger partial charge in [0.25, 0.3) is 0 Å². The summed E-state index contributed by atoms with van der Waals surface area (Å²) in [6.45, 7) is 4.64. The van der Waals surface area contributed by atoms with E-state index in [1.807, 2.05) is 19.2 Å². The number of thiocarbonyl (C=S) groups is 1. The van der Waals surface area contributed by atoms with Gasteiger partial charge in [0, 0.05) is 18.1 Å². The lowest BCUT2D eigenvalue weighted by molar-refractivity contribution is 0.329. The van der Waals surface area contributed by atoms with Crippen LogP contribution in [-0.4, -0.2) is 21.0 Å². The van der Waals surface area contributed by atoms with Crippen molar-refractivity contribution in [2.75, 3.05) is 6.61 Å². The van der Waals surface area contributed by atoms with Crippen molar-refractivity contribution in [1.82, 2.24) is 9.38 Å². The van der Waals surface area contributed by atoms with Gasteiger partial charge in [-0.05, 0) is 37.7 Å². The lowest BCUT2D eigenvalue weighted by atomic mass is 10.1. The molecular weight excluding hydrogens is 220 g/mol. The van der Waals surface area contributed by atoms with Crippen LogP contribution in [0.15, 0.2) is 24.5 Å². The maximum absolute atomic E-state index is 5.32. The van der Waals surface area contributed by atoms with Crippen molar-refractivity contribution in [3.05, 3.63) is 35.8 Å². The molecule has 0 N–H and O–H groups in total. The van der Waals surface area contributed by atoms with Crippen LogP contribution in [0.2, 0.25) is 0 Å². The van der Waals surface area contributed by atoms with E-state index in [-0.39, 0.29) is 0 Å². The molecule has 3 nitrogen and oxygen atoms in total. The zero-order valence-electron chi connectivity index (χ0n) is 9.43. The van der Waals surface area contributed by atoms with Crippen molar-refractivity contribution in [2.24, 2.45) is 0 Å². The topological polar surface area (TPSA) is 26.5 Å². The maximum Gasteiger partial charge on any atom is 0.165 e. The largest absolute Gasteiger partial charge is 0.487 e. The van der Waals surface area contributed by atoms with Gasteiger partial charge in [-0.1, -0.05) is 6.07 Å². The van der Waals surface area contributed by atoms with Gasteiger partial charge in [0.1, 0.15) is 5.65 Å². The van der Waals surface area contributed by atoms with Gasteiger partial charge in [0.2, 0.25) is 0 Å². The summed E-state index contributed by atoms with van der Waals surface area (Å²) in [7, 11) is 0. The van der Waals surface area contributed by atoms with E-state index in [1.54, 1.807) is 6.20 Å². The number of hydrogen-bond acceptors (Lipinski definition) is 3. The predicted octanol–water partition coefficient (Wildman–Crippen LogP) is 2.55. The minimum atomic E-state index is 0.623. The predicted molar refractivity (Wildman–Crippen MR) is 67.9 cm³/mol. The first-order valence-corrected chi connectivity index (χ1v) is 5.70. The van der Waals surface area contributed by atoms with Crippen molar-refractivity contribution in [3.8, 4) is 0 Å². The molecule has 2 rings (SSSR count). The molecule has 0 radical (unpaired) electrons. The smallest absolute Gasteiger partial charge is 0.165 e. The third-order valence-corrected chi connectivity index (χ3v) is 2.78. The fourth-order valence-electron chi connectivity index (χ4n) is 1.73. The molecule has 84 valence electrons. The second kappa shape index (κ2) is 4.61. The molecule has 0 bridgehead atoms. The molecule has 0 fully saturated rings. The Kier molecular flexibility index (Phi) is 3.19. The van der Waals surface area contributed by atoms with Crippen LogP contribution in [0.25, 0.3) is 5.65 Å². The quantitative estimate of drug-likeness (QED) is 0.763. The first kappa shape index (κ1) is 11.1. The van der Waals surface area contributed by atoms with E-state index in [1.165, 1.54) is 5.56 Å². The molecule has 0 saturated heterocycles. The van der Waals surface area contributed by atoms with E-state index < -0.39 is 0 Å². The zero-order valence-corrected chi connectivity index (χ0v) is 10.3. The first-order valence-electron chi connectivity index (χ1n) is 5.29. The third kappa shape index (κ3) is 2.07. The second-order valence-corrected chi connectivity index (χ2v) is 4.06. The van der Waals surface area contributed by atoms with E-state index in [4.69, 9.17) is 17.0 Å². The van der Waals surface area contributed by atoms with Crippen LogP contribution in [0.4, 0.5) is 0 Å². The summed E-state index contributed by atoms with van der Waals surface area (Å²) in [6, 6.07) is 4.06. The number of ether oxygens (including phenoxy) is 1. The Labute approximate surface area is 100 Å². The molecule has 0 aliphatic rings. The lowest BCUT2D eigenvalue weighted by Crippen LogP contribution is -2.10. The molecule has 0 spiro atoms. The van der Waals surface area contributed by atoms with E-state index in [2.05, 4.69) is 22.4 Å². The highest BCUT2D eigenvalue weighted by Crippen LogP contribution is 2.13. The maximum atomic E-state index is 5.32. The van der Waals surface area contributed by atoms with Gasteiger partial charge >= 0.3 is 0 Å². The highest BCUT2D eigenvalue weighted by atomic mass is 32.1. The van der Waals surface area contributed by atoms with E-state index >= 15 is 0 Å². The van der Waals surface area contributed by atoms with Gasteiger partial charge in [-0.25, -0.2) is 4.98 Å². The Morgan fingerprint density at radius 3 is 3.06 bits per heavy atom. The average molecular weight is 234 g/mol. The van der Waals surface area contributed by atoms with Crippen molar-refractivity contribution >= 4 is 22.9 Å². The van der Waals surface area contributed by atoms with E-state index in [9.17, 15) is 0 Å². The number of fused-ring (bicyclic) bond motifs is 1. The van der Waals surface area contributed by atoms with Crippen LogP contribution in [0.5, 0.6) is 0 Å². The van der Waals surface area contributed by atoms with E-state index in [0.29, 0.717) is 18.1 Å². The van der Waals surface area contributed by atoms with Crippen LogP contribution in [0, 0.1) is 6.92 Å². The van der Waals surface area contributed by atoms with E-state index in [0.717, 1.165) is 11.3 Å². The summed E-state index contributed by atoms with van der Waals surface area (Å²) in [6.07, 6.45) is 4.40. The number of rotatable bonds is 3. The molecular formula is C12H14N2OS. The minimum absolute atomic E-state index is 0.623. The monoisotopic (exact) mass is 234 g/mol. The third-order valence-electron chi connectivity index (χ3n) is 2.51. The van der Waals surface area contributed by atoms with Crippen LogP contribution in [-0.2, 0) is 11.2 Å². The highest BCUT2D eigenvalue weighted by molar-refractivity contribution is 7.80. The Bertz CT molecular complexity index is 519. The fourth-order valence-corrected chi connectivity index (χ4v) is 1.98. The van der Waals surface area contributed by atoms with Crippen LogP contribution < -0.4 is 0 Å². The standard InChI is InChI=1S/C12H14N2OS/c1-3-15-12(16)8-10-9(2)4-5-11-13-6-7-14(10)11/h4-7H,3,8H2,1-2H3. The summed E-state index contributed by atoms with van der Waals surface area (Å²) in [5, 5.41) is 0.631. The number of hydrogen-bond donors (Lipinski definition) is 0. The molecule has 2 aromatic rings. The second-order valence-electron chi connectivity index (χ2n) is 3.60. The summed E-state index contributed by atoms with van der Waals surface area (Å²) in [4.78, 5) is 4.25. The van der Waals surface area contributed by atoms with Crippen molar-refractivity contribution in [1.29, 1.82) is 0 Å². The van der Waals surface area contributed by atoms with Crippen molar-refractivity contribution < 1.29 is 4.74 Å². The molecule has 0 amide bonds. The summed E-state index contributed by atoms with van der Waals surface area (Å²) < 4.78 is 7.38. The molecule has 4 heteroatoms. The molecule has 2 aromatic heterocycles. The SMILES string of the molecule is CCOC(=S)Cc1c(C)ccc2nccn12. The molecule has 0 aromatic carbocycles. The minimum Gasteiger partial charge on any atom is -0.487 e. The van der Waals surface area contributed by atoms with Crippen molar-refractivity contribution in [3.63, 3.8) is 0 Å². The molecule has 16 heavy (non-hydrogen) atoms. The number of pyridine rings is 1. The van der Waals surface area contributed by atoms with Crippen LogP contribution >= 0.6 is 12.2 Å². The summed E-state index contributed by atoms with van der Waals surface area (Å²) >= 11 is 5.18. The number of aryl methyl sites for hydroxylation is 1.